The smallest absolute Gasteiger partial charge is 0.326 e. The molecule has 598 valence electrons. The fourth-order valence-corrected chi connectivity index (χ4v) is 13.7. The molecule has 3 aromatic rings. The van der Waals surface area contributed by atoms with E-state index < -0.39 is 254 Å². The van der Waals surface area contributed by atoms with Crippen LogP contribution in [0.2, 0.25) is 0 Å². The van der Waals surface area contributed by atoms with Crippen LogP contribution < -0.4 is 79.2 Å². The van der Waals surface area contributed by atoms with Gasteiger partial charge in [0.2, 0.25) is 64.1 Å². The number of aromatic amines is 1. The number of unbranched alkanes of at least 4 members (excludes halogenated alkanes) is 1. The molecule has 4 heterocycles. The number of hydrogen-bond donors (Lipinski definition) is 20. The maximum absolute atomic E-state index is 15.2. The van der Waals surface area contributed by atoms with Gasteiger partial charge in [-0.2, -0.15) is 0 Å². The standard InChI is InChI=1S/C68H96N16O24S/c1-8-33(4)54-58(96)72-25-50(90)74-47-30-109(107)61-41(22-45(56(94)71-26-51(91)80-54)75-60(98)55(34(5)48(88)28-85)82-68(31-86)24-38(87)27-84(68)63(100)46(23-49(69)89)76-57(47)95)40-17-16-39(21-44(40)77-61)108-29-36-12-14-37(15-13-36)83(7)62(99)35(6)73-59(97)53(32(2)3)81-66(105)70-20-10-9-11-42(64(101)102)78-67(106)79-43(65(103)104)18-19-52(92)93/h12-17,21,31-35,38,42-43,45-48,53-55,77,82,85,87-88H,8-11,18-20,22-30H2,1-7H3,(H2,69,89)(H,71,94)(H,72,96)(H,73,97)(H,74,90)(H,75,98)(H,76,95)(H,80,91)(H,92,93)(H,101,102)(H,103,104)(H2,70,81,105)(H2,78,79,106)/t33-,34-,35-,38+,42-,43-,45?,46-,47?,48-,53-,54-,55-,68-,109?/m0/s1. The van der Waals surface area contributed by atoms with Crippen LogP contribution in [0.4, 0.5) is 15.3 Å². The van der Waals surface area contributed by atoms with Crippen molar-refractivity contribution in [1.82, 2.24) is 73.7 Å². The molecule has 1 saturated heterocycles. The highest BCUT2D eigenvalue weighted by Gasteiger charge is 2.53. The number of carboxylic acids is 3. The number of aliphatic carboxylic acids is 3. The number of benzene rings is 2. The lowest BCUT2D eigenvalue weighted by molar-refractivity contribution is -0.147. The summed E-state index contributed by atoms with van der Waals surface area (Å²) in [4.78, 5) is 219. The maximum Gasteiger partial charge on any atom is 0.326 e. The Balaban J connectivity index is 1.23. The van der Waals surface area contributed by atoms with Gasteiger partial charge >= 0.3 is 30.0 Å². The van der Waals surface area contributed by atoms with E-state index in [0.29, 0.717) is 17.7 Å². The van der Waals surface area contributed by atoms with Gasteiger partial charge in [-0.25, -0.2) is 19.2 Å². The number of likely N-dealkylation sites (N-methyl/N-ethyl adjacent to an activating group) is 1. The fraction of sp³-hybridized carbons (Fsp3) is 0.559. The third-order valence-corrected chi connectivity index (χ3v) is 20.2. The summed E-state index contributed by atoms with van der Waals surface area (Å²) < 4.78 is 21.4. The van der Waals surface area contributed by atoms with Gasteiger partial charge in [-0.3, -0.25) is 62.9 Å². The fourth-order valence-electron chi connectivity index (χ4n) is 12.3. The second-order valence-corrected chi connectivity index (χ2v) is 28.7. The molecule has 21 N–H and O–H groups in total. The van der Waals surface area contributed by atoms with Gasteiger partial charge in [0.15, 0.2) is 18.0 Å². The first-order chi connectivity index (χ1) is 51.4. The van der Waals surface area contributed by atoms with Gasteiger partial charge in [0, 0.05) is 79.2 Å². The summed E-state index contributed by atoms with van der Waals surface area (Å²) in [6.07, 6.45) is -5.85. The summed E-state index contributed by atoms with van der Waals surface area (Å²) in [7, 11) is 1.46. The predicted molar refractivity (Wildman–Crippen MR) is 383 cm³/mol. The maximum atomic E-state index is 15.2. The van der Waals surface area contributed by atoms with Crippen LogP contribution in [-0.4, -0.2) is 258 Å². The van der Waals surface area contributed by atoms with Crippen molar-refractivity contribution in [2.75, 3.05) is 50.5 Å². The van der Waals surface area contributed by atoms with E-state index in [1.165, 1.54) is 44.0 Å². The number of aromatic nitrogens is 1. The summed E-state index contributed by atoms with van der Waals surface area (Å²) in [5.74, 6) is -17.4. The van der Waals surface area contributed by atoms with E-state index >= 15 is 9.35 Å². The molecular weight excluding hydrogens is 1460 g/mol. The lowest BCUT2D eigenvalue weighted by Gasteiger charge is -2.40. The van der Waals surface area contributed by atoms with Crippen molar-refractivity contribution >= 4 is 123 Å². The van der Waals surface area contributed by atoms with Crippen LogP contribution in [0.3, 0.4) is 0 Å². The van der Waals surface area contributed by atoms with Gasteiger partial charge in [0.05, 0.1) is 49.9 Å². The highest BCUT2D eigenvalue weighted by molar-refractivity contribution is 7.91. The minimum atomic E-state index is -2.51. The summed E-state index contributed by atoms with van der Waals surface area (Å²) >= 11 is -2.51. The number of nitrogens with zero attached hydrogens (tertiary/aromatic N) is 2. The number of hydrogen-bond acceptors (Lipinski definition) is 22. The number of fused-ring (bicyclic) bond motifs is 5. The van der Waals surface area contributed by atoms with Gasteiger partial charge in [0.1, 0.15) is 60.4 Å². The van der Waals surface area contributed by atoms with Crippen molar-refractivity contribution in [3.63, 3.8) is 0 Å². The number of primary amides is 1. The first-order valence-electron chi connectivity index (χ1n) is 35.1. The van der Waals surface area contributed by atoms with Crippen molar-refractivity contribution < 1.29 is 117 Å². The average molecular weight is 1550 g/mol. The van der Waals surface area contributed by atoms with Crippen LogP contribution in [0.25, 0.3) is 10.9 Å². The number of rotatable bonds is 29. The topological polar surface area (TPSA) is 619 Å². The van der Waals surface area contributed by atoms with Gasteiger partial charge in [0.25, 0.3) is 0 Å². The molecule has 0 saturated carbocycles. The number of amides is 14. The number of aliphatic hydroxyl groups is 3. The Morgan fingerprint density at radius 2 is 1.43 bits per heavy atom. The van der Waals surface area contributed by atoms with Gasteiger partial charge < -0.3 is 119 Å². The van der Waals surface area contributed by atoms with Crippen LogP contribution in [0.5, 0.6) is 5.75 Å². The Labute approximate surface area is 627 Å². The normalized spacial score (nSPS) is 23.0. The van der Waals surface area contributed by atoms with Gasteiger partial charge in [-0.05, 0) is 74.3 Å². The molecule has 15 atom stereocenters. The van der Waals surface area contributed by atoms with Gasteiger partial charge in [-0.1, -0.05) is 53.2 Å². The van der Waals surface area contributed by atoms with E-state index in [1.807, 2.05) is 5.32 Å². The zero-order chi connectivity index (χ0) is 80.9. The summed E-state index contributed by atoms with van der Waals surface area (Å²) in [6, 6.07) is -5.22. The summed E-state index contributed by atoms with van der Waals surface area (Å²) in [5, 5.41) is 89.7. The minimum absolute atomic E-state index is 0.00519. The molecule has 3 unspecified atom stereocenters. The molecule has 3 aliphatic rings. The number of nitrogens with two attached hydrogens (primary N) is 1. The van der Waals surface area contributed by atoms with Crippen molar-refractivity contribution in [1.29, 1.82) is 0 Å². The molecule has 41 heteroatoms. The number of carbonyl (C=O) groups is 16. The quantitative estimate of drug-likeness (QED) is 0.0176. The third-order valence-electron chi connectivity index (χ3n) is 18.7. The van der Waals surface area contributed by atoms with Crippen molar-refractivity contribution in [3.8, 4) is 5.75 Å². The molecule has 0 aliphatic carbocycles. The SMILES string of the molecule is CC[C@H](C)[C@@H]1NC(=O)CNC(=O)C2Cc3c([nH]c4cc(OCc5ccc(N(C)C(=O)[C@H](C)NC(=O)[C@@H](NC(=O)NCCCC[C@H](NC(=O)N[C@@H](CCC(=O)O)C(=O)O)C(=O)O)C(C)C)cc5)ccc34)[S+]([O-])CC(NC(=O)CNC1=O)C(=O)N[C@@H](CC(N)=O)C(=O)N1C[C@H](O)C[C@]1(C=O)N[C@@H]([C@@H](C)[C@@H](O)CO)C(=O)N2. The summed E-state index contributed by atoms with van der Waals surface area (Å²) in [6.45, 7) is 5.92. The zero-order valence-electron chi connectivity index (χ0n) is 60.9. The molecule has 1 fully saturated rings. The van der Waals surface area contributed by atoms with Crippen molar-refractivity contribution in [2.45, 2.75) is 183 Å². The number of aliphatic hydroxyl groups excluding tert-OH is 3. The number of carboxylic acid groups (broad SMARTS) is 3. The minimum Gasteiger partial charge on any atom is -0.610 e. The van der Waals surface area contributed by atoms with Crippen LogP contribution in [-0.2, 0) is 91.3 Å². The Hall–Kier alpha value is -10.7. The Morgan fingerprint density at radius 1 is 0.789 bits per heavy atom. The Morgan fingerprint density at radius 3 is 2.04 bits per heavy atom. The van der Waals surface area contributed by atoms with E-state index in [0.717, 1.165) is 4.90 Å². The first-order valence-corrected chi connectivity index (χ1v) is 36.4. The second-order valence-electron chi connectivity index (χ2n) is 27.2. The molecule has 14 amide bonds. The number of H-pyrrole nitrogens is 1. The van der Waals surface area contributed by atoms with E-state index in [-0.39, 0.29) is 65.9 Å². The van der Waals surface area contributed by atoms with Crippen LogP contribution in [0.15, 0.2) is 47.5 Å². The van der Waals surface area contributed by atoms with E-state index in [2.05, 4.69) is 63.5 Å². The number of anilines is 1. The van der Waals surface area contributed by atoms with Gasteiger partial charge in [-0.15, -0.1) is 0 Å². The zero-order valence-corrected chi connectivity index (χ0v) is 61.7. The molecule has 1 aromatic heterocycles. The molecule has 109 heavy (non-hydrogen) atoms. The van der Waals surface area contributed by atoms with E-state index in [1.54, 1.807) is 52.0 Å². The molecule has 3 aliphatic heterocycles. The molecule has 0 radical (unpaired) electrons. The number of ether oxygens (including phenoxy) is 1. The largest absolute Gasteiger partial charge is 0.610 e. The highest BCUT2D eigenvalue weighted by atomic mass is 32.2. The Kier molecular flexibility index (Phi) is 31.9. The third kappa shape index (κ3) is 24.1. The summed E-state index contributed by atoms with van der Waals surface area (Å²) in [5.41, 5.74) is 4.35. The average Bonchev–Trinajstić information content (AvgIpc) is 1.64. The number of aldehydes is 1. The van der Waals surface area contributed by atoms with Crippen LogP contribution in [0, 0.1) is 17.8 Å². The molecule has 0 spiro atoms. The monoisotopic (exact) mass is 1550 g/mol. The molecule has 6 rings (SSSR count). The molecule has 2 aromatic carbocycles. The lowest BCUT2D eigenvalue weighted by atomic mass is 9.92. The van der Waals surface area contributed by atoms with E-state index in [9.17, 15) is 97.5 Å². The van der Waals surface area contributed by atoms with Crippen molar-refractivity contribution in [3.05, 3.63) is 53.6 Å². The second kappa shape index (κ2) is 39.9. The van der Waals surface area contributed by atoms with Crippen LogP contribution in [0.1, 0.15) is 104 Å². The molecule has 2 bridgehead atoms. The Bertz CT molecular complexity index is 3860. The number of urea groups is 2. The predicted octanol–water partition coefficient (Wildman–Crippen LogP) is -5.01. The number of nitrogens with one attached hydrogen (secondary N) is 13. The lowest BCUT2D eigenvalue weighted by Crippen LogP contribution is -2.69. The van der Waals surface area contributed by atoms with Crippen molar-refractivity contribution in [2.24, 2.45) is 23.5 Å². The van der Waals surface area contributed by atoms with E-state index in [4.69, 9.17) is 15.6 Å². The first kappa shape index (κ1) is 87.2. The molecule has 40 nitrogen and oxygen atoms in total. The highest BCUT2D eigenvalue weighted by Crippen LogP contribution is 2.33. The van der Waals surface area contributed by atoms with Crippen LogP contribution >= 0.6 is 0 Å². The molecular formula is C68H96N16O24S. The number of carbonyl (C=O) groups excluding carboxylic acids is 13.